The molecule has 1 heterocycles. The number of hydrogen-bond acceptors (Lipinski definition) is 2. The van der Waals surface area contributed by atoms with Crippen LogP contribution in [0.3, 0.4) is 0 Å². The minimum absolute atomic E-state index is 0.150. The first kappa shape index (κ1) is 13.0. The maximum absolute atomic E-state index is 11.8. The van der Waals surface area contributed by atoms with Gasteiger partial charge in [-0.25, -0.2) is 0 Å². The quantitative estimate of drug-likeness (QED) is 0.324. The third-order valence-electron chi connectivity index (χ3n) is 2.49. The van der Waals surface area contributed by atoms with Crippen molar-refractivity contribution in [2.24, 2.45) is 0 Å². The van der Waals surface area contributed by atoms with Gasteiger partial charge in [-0.15, -0.1) is 0 Å². The van der Waals surface area contributed by atoms with Crippen molar-refractivity contribution in [1.82, 2.24) is 12.9 Å². The molecule has 15 heavy (non-hydrogen) atoms. The molecule has 1 fully saturated rings. The molecule has 1 unspecified atom stereocenters. The van der Waals surface area contributed by atoms with Gasteiger partial charge in [0.05, 0.1) is 0 Å². The second-order valence-corrected chi connectivity index (χ2v) is 7.55. The van der Waals surface area contributed by atoms with E-state index in [1.807, 2.05) is 19.0 Å². The van der Waals surface area contributed by atoms with Crippen molar-refractivity contribution in [3.63, 3.8) is 0 Å². The van der Waals surface area contributed by atoms with E-state index in [4.69, 9.17) is 0 Å². The van der Waals surface area contributed by atoms with Crippen molar-refractivity contribution in [3.8, 4) is 0 Å². The van der Waals surface area contributed by atoms with E-state index in [-0.39, 0.29) is 27.5 Å². The molecule has 90 valence electrons. The first-order valence-corrected chi connectivity index (χ1v) is 7.87. The third kappa shape index (κ3) is 3.48. The third-order valence-corrected chi connectivity index (χ3v) is 5.02. The van der Waals surface area contributed by atoms with E-state index in [1.165, 1.54) is 4.43 Å². The second kappa shape index (κ2) is 5.89. The number of nitrogens with zero attached hydrogens (tertiary/aromatic N) is 3. The van der Waals surface area contributed by atoms with Gasteiger partial charge in [-0.3, -0.25) is 0 Å². The number of alkyl halides is 1. The van der Waals surface area contributed by atoms with Gasteiger partial charge in [-0.05, 0) is 0 Å². The number of urea groups is 1. The first-order valence-electron chi connectivity index (χ1n) is 5.38. The molecule has 2 amide bonds. The second-order valence-electron chi connectivity index (χ2n) is 3.98. The van der Waals surface area contributed by atoms with E-state index in [0.717, 1.165) is 19.6 Å². The standard InChI is InChI=1S/C10H21IN3O/c1-5-11-13-6-7-14(9(2)8-13)10(15)12(3)4/h9H,5-8H2,1-4H3/q-1. The molecule has 5 heteroatoms. The summed E-state index contributed by atoms with van der Waals surface area (Å²) in [6.45, 7) is 7.39. The molecule has 0 N–H and O–H groups in total. The predicted molar refractivity (Wildman–Crippen MR) is 57.4 cm³/mol. The molecule has 1 aliphatic rings. The summed E-state index contributed by atoms with van der Waals surface area (Å²) in [6.07, 6.45) is 0. The molecule has 0 aromatic carbocycles. The van der Waals surface area contributed by atoms with E-state index in [2.05, 4.69) is 17.0 Å². The Balaban J connectivity index is 2.49. The van der Waals surface area contributed by atoms with Crippen LogP contribution in [0.5, 0.6) is 0 Å². The minimum atomic E-state index is 0.150. The SMILES string of the molecule is CC[I-]N1CCN(C(=O)N(C)C)C(C)C1. The normalized spacial score (nSPS) is 23.2. The van der Waals surface area contributed by atoms with E-state index >= 15 is 0 Å². The van der Waals surface area contributed by atoms with Gasteiger partial charge in [0.15, 0.2) is 0 Å². The Labute approximate surface area is 103 Å². The Bertz CT molecular complexity index is 223. The summed E-state index contributed by atoms with van der Waals surface area (Å²) < 4.78 is 3.84. The van der Waals surface area contributed by atoms with Crippen LogP contribution in [0.1, 0.15) is 13.8 Å². The van der Waals surface area contributed by atoms with E-state index in [9.17, 15) is 4.79 Å². The molecule has 4 nitrogen and oxygen atoms in total. The summed E-state index contributed by atoms with van der Waals surface area (Å²) in [4.78, 5) is 15.5. The van der Waals surface area contributed by atoms with Crippen LogP contribution in [-0.2, 0) is 0 Å². The van der Waals surface area contributed by atoms with Gasteiger partial charge in [0.1, 0.15) is 0 Å². The van der Waals surface area contributed by atoms with Gasteiger partial charge in [0.25, 0.3) is 0 Å². The fraction of sp³-hybridized carbons (Fsp3) is 0.900. The topological polar surface area (TPSA) is 26.8 Å². The molecule has 1 aliphatic heterocycles. The van der Waals surface area contributed by atoms with Gasteiger partial charge in [0.2, 0.25) is 0 Å². The van der Waals surface area contributed by atoms with Crippen LogP contribution in [0.2, 0.25) is 0 Å². The Kier molecular flexibility index (Phi) is 5.11. The van der Waals surface area contributed by atoms with E-state index in [1.54, 1.807) is 4.90 Å². The molecule has 0 aromatic heterocycles. The molecule has 0 aliphatic carbocycles. The van der Waals surface area contributed by atoms with Crippen molar-refractivity contribution in [3.05, 3.63) is 0 Å². The van der Waals surface area contributed by atoms with Crippen LogP contribution >= 0.6 is 0 Å². The molecule has 0 radical (unpaired) electrons. The number of amides is 2. The van der Waals surface area contributed by atoms with Crippen LogP contribution in [0, 0.1) is 0 Å². The summed E-state index contributed by atoms with van der Waals surface area (Å²) >= 11 is 0.206. The van der Waals surface area contributed by atoms with Gasteiger partial charge in [-0.1, -0.05) is 0 Å². The van der Waals surface area contributed by atoms with Crippen molar-refractivity contribution in [2.75, 3.05) is 38.2 Å². The Morgan fingerprint density at radius 1 is 1.47 bits per heavy atom. The number of carbonyl (C=O) groups is 1. The zero-order valence-electron chi connectivity index (χ0n) is 10.0. The first-order chi connectivity index (χ1) is 7.06. The van der Waals surface area contributed by atoms with Crippen LogP contribution < -0.4 is 21.5 Å². The van der Waals surface area contributed by atoms with Crippen molar-refractivity contribution >= 4 is 6.03 Å². The van der Waals surface area contributed by atoms with E-state index < -0.39 is 0 Å². The molecule has 0 bridgehead atoms. The predicted octanol–water partition coefficient (Wildman–Crippen LogP) is -2.30. The fourth-order valence-corrected chi connectivity index (χ4v) is 4.10. The Hall–Kier alpha value is -0.0400. The summed E-state index contributed by atoms with van der Waals surface area (Å²) in [5.74, 6) is 0. The molecule has 1 saturated heterocycles. The zero-order valence-corrected chi connectivity index (χ0v) is 12.2. The van der Waals surface area contributed by atoms with Gasteiger partial charge >= 0.3 is 103 Å². The summed E-state index contributed by atoms with van der Waals surface area (Å²) in [7, 11) is 3.64. The van der Waals surface area contributed by atoms with Gasteiger partial charge in [0, 0.05) is 0 Å². The average Bonchev–Trinajstić information content (AvgIpc) is 2.17. The maximum atomic E-state index is 11.8. The fourth-order valence-electron chi connectivity index (χ4n) is 1.73. The average molecular weight is 326 g/mol. The molecular formula is C10H21IN3O-. The van der Waals surface area contributed by atoms with Crippen LogP contribution in [0.25, 0.3) is 0 Å². The monoisotopic (exact) mass is 326 g/mol. The molecule has 1 rings (SSSR count). The number of halogens is 1. The van der Waals surface area contributed by atoms with Crippen molar-refractivity contribution < 1.29 is 26.3 Å². The van der Waals surface area contributed by atoms with Crippen molar-refractivity contribution in [2.45, 2.75) is 19.9 Å². The zero-order chi connectivity index (χ0) is 11.4. The number of carbonyl (C=O) groups excluding carboxylic acids is 1. The van der Waals surface area contributed by atoms with Gasteiger partial charge in [-0.2, -0.15) is 0 Å². The summed E-state index contributed by atoms with van der Waals surface area (Å²) in [6, 6.07) is 0.511. The van der Waals surface area contributed by atoms with Crippen molar-refractivity contribution in [1.29, 1.82) is 0 Å². The molecule has 0 aromatic rings. The molecule has 0 saturated carbocycles. The number of hydrogen-bond donors (Lipinski definition) is 0. The summed E-state index contributed by atoms with van der Waals surface area (Å²) in [5, 5.41) is 0. The van der Waals surface area contributed by atoms with Crippen LogP contribution in [0.15, 0.2) is 0 Å². The van der Waals surface area contributed by atoms with E-state index in [0.29, 0.717) is 6.04 Å². The Morgan fingerprint density at radius 3 is 2.60 bits per heavy atom. The summed E-state index contributed by atoms with van der Waals surface area (Å²) in [5.41, 5.74) is 0. The molecule has 0 spiro atoms. The Morgan fingerprint density at radius 2 is 2.13 bits per heavy atom. The van der Waals surface area contributed by atoms with Crippen LogP contribution in [-0.4, -0.2) is 63.1 Å². The number of rotatable bonds is 2. The molecule has 1 atom stereocenters. The molecular weight excluding hydrogens is 305 g/mol. The number of piperazine rings is 1. The van der Waals surface area contributed by atoms with Crippen LogP contribution in [0.4, 0.5) is 4.79 Å². The van der Waals surface area contributed by atoms with Gasteiger partial charge < -0.3 is 0 Å².